The van der Waals surface area contributed by atoms with E-state index in [1.807, 2.05) is 42.7 Å². The standard InChI is InChI=1S/C21H23N5O5/c1-11-12(2)25-16-17(22-20(25)24(11)14-8-7-9-15(10-14)30-5)23(4)21(29)26(18(16)27)13(3)19(28)31-6/h7-10,13H,1-6H3/t13-/m1/s1. The molecule has 0 N–H and O–H groups in total. The highest BCUT2D eigenvalue weighted by Gasteiger charge is 2.27. The molecule has 0 saturated carbocycles. The molecule has 0 spiro atoms. The third-order valence-corrected chi connectivity index (χ3v) is 5.71. The van der Waals surface area contributed by atoms with Crippen LogP contribution in [0.3, 0.4) is 0 Å². The summed E-state index contributed by atoms with van der Waals surface area (Å²) in [5.74, 6) is 0.481. The molecule has 0 aliphatic rings. The molecule has 162 valence electrons. The van der Waals surface area contributed by atoms with Gasteiger partial charge in [-0.1, -0.05) is 6.07 Å². The summed E-state index contributed by atoms with van der Waals surface area (Å²) in [5, 5.41) is 0. The van der Waals surface area contributed by atoms with E-state index >= 15 is 0 Å². The summed E-state index contributed by atoms with van der Waals surface area (Å²) in [6.07, 6.45) is 0. The van der Waals surface area contributed by atoms with Gasteiger partial charge < -0.3 is 9.47 Å². The van der Waals surface area contributed by atoms with Crippen LogP contribution in [0.2, 0.25) is 0 Å². The van der Waals surface area contributed by atoms with Gasteiger partial charge in [0, 0.05) is 24.5 Å². The number of esters is 1. The van der Waals surface area contributed by atoms with Gasteiger partial charge in [-0.2, -0.15) is 4.98 Å². The van der Waals surface area contributed by atoms with Gasteiger partial charge in [-0.25, -0.2) is 14.2 Å². The Bertz CT molecular complexity index is 1470. The second kappa shape index (κ2) is 7.15. The summed E-state index contributed by atoms with van der Waals surface area (Å²) in [5.41, 5.74) is 1.67. The van der Waals surface area contributed by atoms with Crippen molar-refractivity contribution in [3.63, 3.8) is 0 Å². The van der Waals surface area contributed by atoms with Gasteiger partial charge in [0.2, 0.25) is 5.78 Å². The molecule has 3 aromatic heterocycles. The van der Waals surface area contributed by atoms with Crippen LogP contribution in [-0.2, 0) is 16.6 Å². The number of ether oxygens (including phenoxy) is 2. The molecule has 0 radical (unpaired) electrons. The van der Waals surface area contributed by atoms with Gasteiger partial charge in [0.05, 0.1) is 19.9 Å². The van der Waals surface area contributed by atoms with Gasteiger partial charge in [-0.05, 0) is 32.9 Å². The van der Waals surface area contributed by atoms with Crippen molar-refractivity contribution < 1.29 is 14.3 Å². The lowest BCUT2D eigenvalue weighted by molar-refractivity contribution is -0.144. The number of benzene rings is 1. The maximum Gasteiger partial charge on any atom is 0.333 e. The normalized spacial score (nSPS) is 12.5. The van der Waals surface area contributed by atoms with Crippen LogP contribution in [0.5, 0.6) is 5.75 Å². The van der Waals surface area contributed by atoms with Crippen LogP contribution >= 0.6 is 0 Å². The van der Waals surface area contributed by atoms with Gasteiger partial charge in [0.1, 0.15) is 11.8 Å². The monoisotopic (exact) mass is 425 g/mol. The molecular weight excluding hydrogens is 402 g/mol. The second-order valence-electron chi connectivity index (χ2n) is 7.34. The number of carbonyl (C=O) groups excluding carboxylic acids is 1. The molecule has 1 aromatic carbocycles. The van der Waals surface area contributed by atoms with Crippen LogP contribution in [0.4, 0.5) is 0 Å². The van der Waals surface area contributed by atoms with Crippen molar-refractivity contribution in [2.45, 2.75) is 26.8 Å². The smallest absolute Gasteiger partial charge is 0.333 e. The van der Waals surface area contributed by atoms with Gasteiger partial charge in [-0.15, -0.1) is 0 Å². The van der Waals surface area contributed by atoms with Crippen molar-refractivity contribution >= 4 is 22.9 Å². The zero-order valence-electron chi connectivity index (χ0n) is 18.2. The number of rotatable bonds is 4. The summed E-state index contributed by atoms with van der Waals surface area (Å²) in [7, 11) is 4.33. The lowest BCUT2D eigenvalue weighted by atomic mass is 10.3. The molecule has 0 aliphatic carbocycles. The quantitative estimate of drug-likeness (QED) is 0.459. The first-order chi connectivity index (χ1) is 14.7. The number of imidazole rings is 2. The van der Waals surface area contributed by atoms with Crippen molar-refractivity contribution in [2.24, 2.45) is 7.05 Å². The van der Waals surface area contributed by atoms with Crippen molar-refractivity contribution in [2.75, 3.05) is 14.2 Å². The zero-order chi connectivity index (χ0) is 22.6. The molecule has 0 amide bonds. The van der Waals surface area contributed by atoms with Crippen LogP contribution in [0.15, 0.2) is 33.9 Å². The van der Waals surface area contributed by atoms with E-state index in [-0.39, 0.29) is 11.2 Å². The molecule has 31 heavy (non-hydrogen) atoms. The van der Waals surface area contributed by atoms with E-state index in [0.717, 1.165) is 21.6 Å². The molecule has 0 aliphatic heterocycles. The molecule has 4 aromatic rings. The molecule has 0 saturated heterocycles. The Morgan fingerprint density at radius 2 is 1.84 bits per heavy atom. The average Bonchev–Trinajstić information content (AvgIpc) is 3.27. The van der Waals surface area contributed by atoms with E-state index in [2.05, 4.69) is 4.98 Å². The van der Waals surface area contributed by atoms with Crippen LogP contribution in [-0.4, -0.2) is 43.3 Å². The largest absolute Gasteiger partial charge is 0.497 e. The number of methoxy groups -OCH3 is 2. The second-order valence-corrected chi connectivity index (χ2v) is 7.34. The number of hydrogen-bond acceptors (Lipinski definition) is 6. The van der Waals surface area contributed by atoms with Crippen molar-refractivity contribution in [3.05, 3.63) is 56.5 Å². The highest BCUT2D eigenvalue weighted by atomic mass is 16.5. The fourth-order valence-electron chi connectivity index (χ4n) is 3.89. The molecule has 1 atom stereocenters. The third kappa shape index (κ3) is 2.78. The van der Waals surface area contributed by atoms with Crippen LogP contribution in [0.1, 0.15) is 24.4 Å². The van der Waals surface area contributed by atoms with Gasteiger partial charge >= 0.3 is 11.7 Å². The van der Waals surface area contributed by atoms with Crippen molar-refractivity contribution in [3.8, 4) is 11.4 Å². The number of hydrogen-bond donors (Lipinski definition) is 0. The minimum atomic E-state index is -1.08. The lowest BCUT2D eigenvalue weighted by Gasteiger charge is -2.13. The molecule has 0 bridgehead atoms. The fraction of sp³-hybridized carbons (Fsp3) is 0.333. The Kier molecular flexibility index (Phi) is 4.72. The van der Waals surface area contributed by atoms with E-state index in [1.54, 1.807) is 11.5 Å². The summed E-state index contributed by atoms with van der Waals surface area (Å²) in [6.45, 7) is 5.25. The highest BCUT2D eigenvalue weighted by molar-refractivity contribution is 5.78. The number of aromatic nitrogens is 5. The summed E-state index contributed by atoms with van der Waals surface area (Å²) < 4.78 is 15.9. The first-order valence-electron chi connectivity index (χ1n) is 9.66. The van der Waals surface area contributed by atoms with Crippen molar-refractivity contribution in [1.82, 2.24) is 23.1 Å². The number of aryl methyl sites for hydroxylation is 2. The van der Waals surface area contributed by atoms with Gasteiger partial charge in [0.15, 0.2) is 11.2 Å². The predicted octanol–water partition coefficient (Wildman–Crippen LogP) is 1.50. The van der Waals surface area contributed by atoms with E-state index in [0.29, 0.717) is 11.5 Å². The maximum absolute atomic E-state index is 13.4. The highest BCUT2D eigenvalue weighted by Crippen LogP contribution is 2.26. The Balaban J connectivity index is 2.15. The third-order valence-electron chi connectivity index (χ3n) is 5.71. The topological polar surface area (TPSA) is 102 Å². The van der Waals surface area contributed by atoms with Crippen LogP contribution in [0.25, 0.3) is 22.6 Å². The Morgan fingerprint density at radius 1 is 1.13 bits per heavy atom. The van der Waals surface area contributed by atoms with Gasteiger partial charge in [-0.3, -0.25) is 18.3 Å². The number of carbonyl (C=O) groups is 1. The molecule has 4 rings (SSSR count). The minimum Gasteiger partial charge on any atom is -0.497 e. The Hall–Kier alpha value is -3.82. The lowest BCUT2D eigenvalue weighted by Crippen LogP contribution is -2.43. The van der Waals surface area contributed by atoms with Crippen LogP contribution < -0.4 is 16.0 Å². The van der Waals surface area contributed by atoms with Crippen LogP contribution in [0, 0.1) is 13.8 Å². The zero-order valence-corrected chi connectivity index (χ0v) is 18.2. The molecular formula is C21H23N5O5. The van der Waals surface area contributed by atoms with E-state index < -0.39 is 23.3 Å². The molecule has 10 nitrogen and oxygen atoms in total. The van der Waals surface area contributed by atoms with Crippen molar-refractivity contribution in [1.29, 1.82) is 0 Å². The number of nitrogens with zero attached hydrogens (tertiary/aromatic N) is 5. The summed E-state index contributed by atoms with van der Waals surface area (Å²) in [4.78, 5) is 43.0. The molecule has 3 heterocycles. The predicted molar refractivity (Wildman–Crippen MR) is 114 cm³/mol. The Labute approximate surface area is 176 Å². The molecule has 0 unspecified atom stereocenters. The van der Waals surface area contributed by atoms with E-state index in [9.17, 15) is 14.4 Å². The van der Waals surface area contributed by atoms with E-state index in [1.165, 1.54) is 25.6 Å². The van der Waals surface area contributed by atoms with E-state index in [4.69, 9.17) is 9.47 Å². The Morgan fingerprint density at radius 3 is 2.48 bits per heavy atom. The first-order valence-corrected chi connectivity index (χ1v) is 9.66. The number of fused-ring (bicyclic) bond motifs is 3. The summed E-state index contributed by atoms with van der Waals surface area (Å²) >= 11 is 0. The first kappa shape index (κ1) is 20.5. The maximum atomic E-state index is 13.4. The molecule has 10 heteroatoms. The summed E-state index contributed by atoms with van der Waals surface area (Å²) in [6, 6.07) is 6.40. The SMILES string of the molecule is COC(=O)[C@@H](C)n1c(=O)c2c(nc3n(-c4cccc(OC)c4)c(C)c(C)n23)n(C)c1=O. The minimum absolute atomic E-state index is 0.218. The van der Waals surface area contributed by atoms with Gasteiger partial charge in [0.25, 0.3) is 5.56 Å². The fourth-order valence-corrected chi connectivity index (χ4v) is 3.89. The molecule has 0 fully saturated rings. The average molecular weight is 425 g/mol.